The first-order valence-corrected chi connectivity index (χ1v) is 7.58. The van der Waals surface area contributed by atoms with E-state index in [9.17, 15) is 18.0 Å². The quantitative estimate of drug-likeness (QED) is 0.772. The van der Waals surface area contributed by atoms with E-state index in [0.29, 0.717) is 10.2 Å². The van der Waals surface area contributed by atoms with Gasteiger partial charge in [-0.3, -0.25) is 0 Å². The molecule has 9 heteroatoms. The Morgan fingerprint density at radius 3 is 2.46 bits per heavy atom. The van der Waals surface area contributed by atoms with Crippen LogP contribution < -0.4 is 0 Å². The zero-order valence-electron chi connectivity index (χ0n) is 12.2. The Morgan fingerprint density at radius 2 is 1.92 bits per heavy atom. The molecule has 0 bridgehead atoms. The predicted octanol–water partition coefficient (Wildman–Crippen LogP) is 4.02. The lowest BCUT2D eigenvalue weighted by Gasteiger charge is -2.08. The highest BCUT2D eigenvalue weighted by Crippen LogP contribution is 2.38. The van der Waals surface area contributed by atoms with E-state index in [1.54, 1.807) is 30.3 Å². The standard InChI is InChI=1S/C15H10F3N3O2S/c1-8-11(9-5-3-2-4-6-9)20-21(12(8)15(16,17)18)14-19-10(7-24-14)13(22)23/h2-7H,1H3,(H,22,23). The SMILES string of the molecule is Cc1c(-c2ccccc2)nn(-c2nc(C(=O)O)cs2)c1C(F)(F)F. The molecule has 24 heavy (non-hydrogen) atoms. The first kappa shape index (κ1) is 16.2. The minimum atomic E-state index is -4.65. The summed E-state index contributed by atoms with van der Waals surface area (Å²) < 4.78 is 41.1. The molecule has 0 spiro atoms. The monoisotopic (exact) mass is 353 g/mol. The summed E-state index contributed by atoms with van der Waals surface area (Å²) in [7, 11) is 0. The Kier molecular flexibility index (Phi) is 3.88. The van der Waals surface area contributed by atoms with E-state index in [2.05, 4.69) is 10.1 Å². The number of benzene rings is 1. The molecule has 1 N–H and O–H groups in total. The molecule has 0 aliphatic heterocycles. The maximum Gasteiger partial charge on any atom is 0.433 e. The molecule has 124 valence electrons. The summed E-state index contributed by atoms with van der Waals surface area (Å²) in [6, 6.07) is 8.47. The summed E-state index contributed by atoms with van der Waals surface area (Å²) in [6.07, 6.45) is -4.65. The third-order valence-corrected chi connectivity index (χ3v) is 4.15. The van der Waals surface area contributed by atoms with Gasteiger partial charge in [0.05, 0.1) is 5.69 Å². The molecule has 3 aromatic rings. The average Bonchev–Trinajstić information content (AvgIpc) is 3.12. The van der Waals surface area contributed by atoms with Crippen molar-refractivity contribution in [1.29, 1.82) is 0 Å². The first-order chi connectivity index (χ1) is 11.3. The number of thiazole rings is 1. The topological polar surface area (TPSA) is 68.0 Å². The van der Waals surface area contributed by atoms with Gasteiger partial charge in [0.1, 0.15) is 0 Å². The van der Waals surface area contributed by atoms with Gasteiger partial charge in [0.25, 0.3) is 0 Å². The molecule has 0 saturated heterocycles. The number of aromatic carboxylic acids is 1. The largest absolute Gasteiger partial charge is 0.476 e. The van der Waals surface area contributed by atoms with Crippen LogP contribution in [-0.2, 0) is 6.18 Å². The van der Waals surface area contributed by atoms with Crippen molar-refractivity contribution in [2.75, 3.05) is 0 Å². The Hall–Kier alpha value is -2.68. The van der Waals surface area contributed by atoms with E-state index in [4.69, 9.17) is 5.11 Å². The fraction of sp³-hybridized carbons (Fsp3) is 0.133. The fourth-order valence-corrected chi connectivity index (χ4v) is 3.05. The van der Waals surface area contributed by atoms with Gasteiger partial charge >= 0.3 is 12.1 Å². The van der Waals surface area contributed by atoms with Gasteiger partial charge in [-0.2, -0.15) is 18.3 Å². The Morgan fingerprint density at radius 1 is 1.25 bits per heavy atom. The molecule has 5 nitrogen and oxygen atoms in total. The van der Waals surface area contributed by atoms with Crippen molar-refractivity contribution in [1.82, 2.24) is 14.8 Å². The zero-order valence-corrected chi connectivity index (χ0v) is 13.0. The van der Waals surface area contributed by atoms with Crippen LogP contribution in [-0.4, -0.2) is 25.8 Å². The van der Waals surface area contributed by atoms with Crippen LogP contribution in [0.15, 0.2) is 35.7 Å². The lowest BCUT2D eigenvalue weighted by Crippen LogP contribution is -2.14. The summed E-state index contributed by atoms with van der Waals surface area (Å²) in [5.74, 6) is -1.31. The van der Waals surface area contributed by atoms with Gasteiger partial charge in [-0.05, 0) is 6.92 Å². The van der Waals surface area contributed by atoms with Crippen LogP contribution >= 0.6 is 11.3 Å². The van der Waals surface area contributed by atoms with E-state index in [-0.39, 0.29) is 22.1 Å². The summed E-state index contributed by atoms with van der Waals surface area (Å²) in [6.45, 7) is 1.33. The van der Waals surface area contributed by atoms with Crippen LogP contribution in [0.5, 0.6) is 0 Å². The summed E-state index contributed by atoms with van der Waals surface area (Å²) in [5, 5.41) is 14.0. The van der Waals surface area contributed by atoms with Gasteiger partial charge in [-0.25, -0.2) is 14.5 Å². The van der Waals surface area contributed by atoms with Crippen molar-refractivity contribution in [2.45, 2.75) is 13.1 Å². The van der Waals surface area contributed by atoms with Crippen LogP contribution in [0, 0.1) is 6.92 Å². The van der Waals surface area contributed by atoms with Crippen LogP contribution in [0.1, 0.15) is 21.7 Å². The molecule has 0 aliphatic rings. The maximum absolute atomic E-state index is 13.5. The average molecular weight is 353 g/mol. The summed E-state index contributed by atoms with van der Waals surface area (Å²) in [4.78, 5) is 14.6. The van der Waals surface area contributed by atoms with Crippen molar-refractivity contribution >= 4 is 17.3 Å². The molecule has 0 atom stereocenters. The Labute approximate surface area is 138 Å². The molecule has 0 aliphatic carbocycles. The molecule has 1 aromatic carbocycles. The van der Waals surface area contributed by atoms with Crippen molar-refractivity contribution in [3.63, 3.8) is 0 Å². The normalized spacial score (nSPS) is 11.7. The van der Waals surface area contributed by atoms with Crippen LogP contribution in [0.25, 0.3) is 16.4 Å². The number of hydrogen-bond acceptors (Lipinski definition) is 4. The van der Waals surface area contributed by atoms with E-state index < -0.39 is 17.8 Å². The van der Waals surface area contributed by atoms with Crippen molar-refractivity contribution in [3.05, 3.63) is 52.7 Å². The lowest BCUT2D eigenvalue weighted by molar-refractivity contribution is -0.143. The van der Waals surface area contributed by atoms with Gasteiger partial charge in [-0.1, -0.05) is 30.3 Å². The smallest absolute Gasteiger partial charge is 0.433 e. The van der Waals surface area contributed by atoms with Crippen LogP contribution in [0.4, 0.5) is 13.2 Å². The second-order valence-electron chi connectivity index (χ2n) is 4.92. The van der Waals surface area contributed by atoms with Crippen molar-refractivity contribution < 1.29 is 23.1 Å². The third kappa shape index (κ3) is 2.78. The third-order valence-electron chi connectivity index (χ3n) is 3.33. The minimum absolute atomic E-state index is 0.0409. The van der Waals surface area contributed by atoms with Gasteiger partial charge in [-0.15, -0.1) is 11.3 Å². The Balaban J connectivity index is 2.23. The van der Waals surface area contributed by atoms with E-state index in [0.717, 1.165) is 11.3 Å². The van der Waals surface area contributed by atoms with E-state index in [1.807, 2.05) is 0 Å². The second-order valence-corrected chi connectivity index (χ2v) is 5.75. The molecule has 0 unspecified atom stereocenters. The van der Waals surface area contributed by atoms with Crippen molar-refractivity contribution in [2.24, 2.45) is 0 Å². The van der Waals surface area contributed by atoms with E-state index >= 15 is 0 Å². The summed E-state index contributed by atoms with van der Waals surface area (Å²) >= 11 is 0.787. The molecule has 0 radical (unpaired) electrons. The van der Waals surface area contributed by atoms with Gasteiger partial charge in [0, 0.05) is 16.5 Å². The summed E-state index contributed by atoms with van der Waals surface area (Å²) in [5.41, 5.74) is -0.616. The highest BCUT2D eigenvalue weighted by atomic mass is 32.1. The number of hydrogen-bond donors (Lipinski definition) is 1. The highest BCUT2D eigenvalue weighted by Gasteiger charge is 2.40. The van der Waals surface area contributed by atoms with Gasteiger partial charge in [0.2, 0.25) is 5.13 Å². The maximum atomic E-state index is 13.5. The number of alkyl halides is 3. The number of carboxylic acids is 1. The molecule has 3 rings (SSSR count). The fourth-order valence-electron chi connectivity index (χ4n) is 2.30. The van der Waals surface area contributed by atoms with Crippen LogP contribution in [0.3, 0.4) is 0 Å². The van der Waals surface area contributed by atoms with Crippen LogP contribution in [0.2, 0.25) is 0 Å². The van der Waals surface area contributed by atoms with Crippen molar-refractivity contribution in [3.8, 4) is 16.4 Å². The predicted molar refractivity (Wildman–Crippen MR) is 81.4 cm³/mol. The molecular formula is C15H10F3N3O2S. The Bertz CT molecular complexity index is 901. The first-order valence-electron chi connectivity index (χ1n) is 6.70. The number of carbonyl (C=O) groups is 1. The van der Waals surface area contributed by atoms with E-state index in [1.165, 1.54) is 12.3 Å². The second kappa shape index (κ2) is 5.75. The number of rotatable bonds is 3. The number of halogens is 3. The van der Waals surface area contributed by atoms with Gasteiger partial charge < -0.3 is 5.11 Å². The van der Waals surface area contributed by atoms with Gasteiger partial charge in [0.15, 0.2) is 11.4 Å². The molecule has 0 saturated carbocycles. The molecule has 0 fully saturated rings. The zero-order chi connectivity index (χ0) is 17.5. The minimum Gasteiger partial charge on any atom is -0.476 e. The molecule has 2 aromatic heterocycles. The highest BCUT2D eigenvalue weighted by molar-refractivity contribution is 7.12. The molecule has 0 amide bonds. The molecule has 2 heterocycles. The molecular weight excluding hydrogens is 343 g/mol. The number of carboxylic acid groups (broad SMARTS) is 1. The lowest BCUT2D eigenvalue weighted by atomic mass is 10.1. The number of nitrogens with zero attached hydrogens (tertiary/aromatic N) is 3. The number of aromatic nitrogens is 3.